The zero-order chi connectivity index (χ0) is 32.4. The summed E-state index contributed by atoms with van der Waals surface area (Å²) >= 11 is 0. The van der Waals surface area contributed by atoms with Gasteiger partial charge in [0.1, 0.15) is 36.7 Å². The van der Waals surface area contributed by atoms with Gasteiger partial charge in [-0.15, -0.1) is 0 Å². The third kappa shape index (κ3) is 6.56. The molecule has 1 saturated heterocycles. The van der Waals surface area contributed by atoms with Crippen molar-refractivity contribution >= 4 is 41.5 Å². The summed E-state index contributed by atoms with van der Waals surface area (Å²) in [5, 5.41) is 25.7. The van der Waals surface area contributed by atoms with Crippen LogP contribution in [0.3, 0.4) is 0 Å². The number of fused-ring (bicyclic) bond motifs is 2. The number of carbonyl (C=O) groups excluding carboxylic acids is 1. The first-order valence-corrected chi connectivity index (χ1v) is 15.7. The lowest BCUT2D eigenvalue weighted by molar-refractivity contribution is -0.146. The fourth-order valence-corrected chi connectivity index (χ4v) is 6.52. The number of hydrogen-bond donors (Lipinski definition) is 4. The molecule has 1 aliphatic rings. The molecule has 2 aromatic heterocycles. The summed E-state index contributed by atoms with van der Waals surface area (Å²) in [6, 6.07) is 20.3. The highest BCUT2D eigenvalue weighted by atomic mass is 31.2. The molecule has 5 N–H and O–H groups in total. The Kier molecular flexibility index (Phi) is 8.95. The number of nitrogens with zero attached hydrogens (tertiary/aromatic N) is 4. The van der Waals surface area contributed by atoms with Gasteiger partial charge in [0.2, 0.25) is 0 Å². The Morgan fingerprint density at radius 2 is 1.83 bits per heavy atom. The molecule has 6 atom stereocenters. The van der Waals surface area contributed by atoms with E-state index in [2.05, 4.69) is 20.0 Å². The van der Waals surface area contributed by atoms with Gasteiger partial charge in [-0.05, 0) is 23.9 Å². The first-order valence-electron chi connectivity index (χ1n) is 14.2. The topological polar surface area (TPSA) is 193 Å². The van der Waals surface area contributed by atoms with Crippen LogP contribution in [0.5, 0.6) is 5.75 Å². The van der Waals surface area contributed by atoms with Gasteiger partial charge in [0, 0.05) is 5.39 Å². The van der Waals surface area contributed by atoms with Crippen molar-refractivity contribution in [2.24, 2.45) is 0 Å². The molecule has 0 aliphatic carbocycles. The number of aliphatic hydroxyl groups excluding tert-OH is 2. The van der Waals surface area contributed by atoms with Gasteiger partial charge in [-0.25, -0.2) is 9.55 Å². The van der Waals surface area contributed by atoms with Crippen molar-refractivity contribution in [3.8, 4) is 5.75 Å². The second-order valence-electron chi connectivity index (χ2n) is 10.6. The van der Waals surface area contributed by atoms with Crippen molar-refractivity contribution in [1.82, 2.24) is 24.6 Å². The number of halogens is 1. The van der Waals surface area contributed by atoms with E-state index in [4.69, 9.17) is 24.3 Å². The maximum atomic E-state index is 14.3. The van der Waals surface area contributed by atoms with Gasteiger partial charge < -0.3 is 29.9 Å². The van der Waals surface area contributed by atoms with Crippen LogP contribution >= 0.6 is 7.75 Å². The predicted molar refractivity (Wildman–Crippen MR) is 163 cm³/mol. The van der Waals surface area contributed by atoms with Gasteiger partial charge in [0.25, 0.3) is 0 Å². The molecule has 5 unspecified atom stereocenters. The smallest absolute Gasteiger partial charge is 0.459 e. The Labute approximate surface area is 261 Å². The van der Waals surface area contributed by atoms with E-state index >= 15 is 0 Å². The number of anilines is 1. The number of imidazole rings is 1. The van der Waals surface area contributed by atoms with E-state index in [9.17, 15) is 24.0 Å². The molecule has 0 saturated carbocycles. The van der Waals surface area contributed by atoms with Gasteiger partial charge in [-0.2, -0.15) is 19.4 Å². The number of nitrogen functional groups attached to an aromatic ring is 1. The summed E-state index contributed by atoms with van der Waals surface area (Å²) in [5.41, 5.74) is 6.49. The minimum Gasteiger partial charge on any atom is -0.460 e. The van der Waals surface area contributed by atoms with Crippen molar-refractivity contribution < 1.29 is 42.5 Å². The molecular formula is C30H30FN6O8P. The van der Waals surface area contributed by atoms with E-state index in [1.54, 1.807) is 36.4 Å². The highest BCUT2D eigenvalue weighted by molar-refractivity contribution is 7.52. The molecule has 0 radical (unpaired) electrons. The SMILES string of the molecule is C[C@H](NP(=O)(OCC1OC(n2cnc3c(N)nc(F)nc32)C(O)C1O)Oc1cccc2ccccc12)C(=O)OCc1ccccc1. The predicted octanol–water partition coefficient (Wildman–Crippen LogP) is 3.25. The van der Waals surface area contributed by atoms with Crippen LogP contribution in [0.2, 0.25) is 0 Å². The Bertz CT molecular complexity index is 1910. The molecule has 0 amide bonds. The monoisotopic (exact) mass is 652 g/mol. The normalized spacial score (nSPS) is 21.7. The molecule has 6 rings (SSSR count). The maximum absolute atomic E-state index is 14.3. The van der Waals surface area contributed by atoms with Gasteiger partial charge in [-0.1, -0.05) is 66.7 Å². The van der Waals surface area contributed by atoms with E-state index in [0.29, 0.717) is 5.39 Å². The zero-order valence-corrected chi connectivity index (χ0v) is 25.2. The van der Waals surface area contributed by atoms with Crippen LogP contribution in [0.4, 0.5) is 10.2 Å². The number of hydrogen-bond acceptors (Lipinski definition) is 12. The zero-order valence-electron chi connectivity index (χ0n) is 24.3. The molecule has 240 valence electrons. The number of rotatable bonds is 11. The number of aromatic nitrogens is 4. The Morgan fingerprint density at radius 1 is 1.09 bits per heavy atom. The average Bonchev–Trinajstić information content (AvgIpc) is 3.59. The lowest BCUT2D eigenvalue weighted by Gasteiger charge is -2.25. The minimum atomic E-state index is -4.41. The highest BCUT2D eigenvalue weighted by Crippen LogP contribution is 2.47. The first kappa shape index (κ1) is 31.5. The lowest BCUT2D eigenvalue weighted by Crippen LogP contribution is -2.37. The summed E-state index contributed by atoms with van der Waals surface area (Å²) in [6.07, 6.45) is -5.56. The summed E-state index contributed by atoms with van der Waals surface area (Å²) in [7, 11) is -4.41. The molecule has 46 heavy (non-hydrogen) atoms. The second-order valence-corrected chi connectivity index (χ2v) is 12.2. The van der Waals surface area contributed by atoms with Crippen molar-refractivity contribution in [1.29, 1.82) is 0 Å². The summed E-state index contributed by atoms with van der Waals surface area (Å²) in [6.45, 7) is 0.868. The Morgan fingerprint density at radius 3 is 2.63 bits per heavy atom. The van der Waals surface area contributed by atoms with E-state index < -0.39 is 57.0 Å². The summed E-state index contributed by atoms with van der Waals surface area (Å²) < 4.78 is 52.3. The van der Waals surface area contributed by atoms with Crippen molar-refractivity contribution in [2.45, 2.75) is 44.1 Å². The molecule has 0 bridgehead atoms. The summed E-state index contributed by atoms with van der Waals surface area (Å²) in [4.78, 5) is 24.0. The quantitative estimate of drug-likeness (QED) is 0.0924. The van der Waals surface area contributed by atoms with Gasteiger partial charge in [0.15, 0.2) is 23.2 Å². The number of ether oxygens (including phenoxy) is 2. The largest absolute Gasteiger partial charge is 0.460 e. The molecule has 1 aliphatic heterocycles. The molecule has 3 aromatic carbocycles. The minimum absolute atomic E-state index is 0.00812. The number of esters is 1. The Hall–Kier alpha value is -4.50. The van der Waals surface area contributed by atoms with Crippen LogP contribution in [-0.4, -0.2) is 66.7 Å². The van der Waals surface area contributed by atoms with E-state index in [1.165, 1.54) is 17.8 Å². The van der Waals surface area contributed by atoms with Crippen LogP contribution < -0.4 is 15.3 Å². The van der Waals surface area contributed by atoms with Crippen LogP contribution in [0, 0.1) is 6.08 Å². The van der Waals surface area contributed by atoms with Gasteiger partial charge in [-0.3, -0.25) is 13.9 Å². The molecular weight excluding hydrogens is 622 g/mol. The van der Waals surface area contributed by atoms with E-state index in [-0.39, 0.29) is 29.3 Å². The third-order valence-electron chi connectivity index (χ3n) is 7.34. The Balaban J connectivity index is 1.21. The molecule has 1 fully saturated rings. The average molecular weight is 653 g/mol. The number of aliphatic hydroxyl groups is 2. The highest BCUT2D eigenvalue weighted by Gasteiger charge is 2.46. The number of benzene rings is 3. The molecule has 0 spiro atoms. The number of nitrogens with one attached hydrogen (secondary N) is 1. The third-order valence-corrected chi connectivity index (χ3v) is 8.97. The van der Waals surface area contributed by atoms with Crippen LogP contribution in [0.1, 0.15) is 18.7 Å². The molecule has 14 nitrogen and oxygen atoms in total. The fourth-order valence-electron chi connectivity index (χ4n) is 5.00. The van der Waals surface area contributed by atoms with Crippen molar-refractivity contribution in [2.75, 3.05) is 12.3 Å². The van der Waals surface area contributed by atoms with Crippen molar-refractivity contribution in [3.05, 3.63) is 90.8 Å². The molecule has 5 aromatic rings. The summed E-state index contributed by atoms with van der Waals surface area (Å²) in [5.74, 6) is -0.737. The first-order chi connectivity index (χ1) is 22.1. The molecule has 3 heterocycles. The lowest BCUT2D eigenvalue weighted by atomic mass is 10.1. The van der Waals surface area contributed by atoms with Crippen LogP contribution in [-0.2, 0) is 30.0 Å². The van der Waals surface area contributed by atoms with E-state index in [0.717, 1.165) is 10.9 Å². The van der Waals surface area contributed by atoms with Crippen LogP contribution in [0.25, 0.3) is 21.9 Å². The van der Waals surface area contributed by atoms with Gasteiger partial charge >= 0.3 is 19.8 Å². The maximum Gasteiger partial charge on any atom is 0.459 e. The second kappa shape index (κ2) is 13.1. The van der Waals surface area contributed by atoms with Crippen molar-refractivity contribution in [3.63, 3.8) is 0 Å². The molecule has 16 heteroatoms. The number of nitrogens with two attached hydrogens (primary N) is 1. The van der Waals surface area contributed by atoms with Gasteiger partial charge in [0.05, 0.1) is 12.9 Å². The fraction of sp³-hybridized carbons (Fsp3) is 0.267. The van der Waals surface area contributed by atoms with Crippen LogP contribution in [0.15, 0.2) is 79.1 Å². The standard InChI is InChI=1S/C30H30FN6O8P/c1-17(29(40)42-14-18-8-3-2-4-9-18)36-46(41,45-21-13-7-11-19-10-5-6-12-20(19)21)43-15-22-24(38)25(39)28(44-22)37-16-33-23-26(32)34-30(31)35-27(23)37/h2-13,16-17,22,24-25,28,38-39H,14-15H2,1H3,(H,36,41)(H2,32,34,35)/t17-,22?,24?,25?,28?,46?/m0/s1. The van der Waals surface area contributed by atoms with E-state index in [1.807, 2.05) is 36.4 Å². The number of carbonyl (C=O) groups is 1.